The van der Waals surface area contributed by atoms with E-state index in [2.05, 4.69) is 73.2 Å². The van der Waals surface area contributed by atoms with Crippen LogP contribution >= 0.6 is 0 Å². The standard InChI is InChI=1S/C30H34FN5O.C2HF3O2/c31-27-9-10-28-29(21-27)33-30(32-28)26-7-5-25(6-8-26)24-3-1-23(2-4-24)22-36-15-13-34(14-16-36)11-12-35-17-19-37-20-18-35;3-2(4,5)1(6)7/h1-10,21H,11-20,22H2,(H,32,33);(H,6,7). The number of aromatic amines is 1. The Kier molecular flexibility index (Phi) is 10.3. The van der Waals surface area contributed by atoms with Crippen molar-refractivity contribution < 1.29 is 32.2 Å². The van der Waals surface area contributed by atoms with Crippen LogP contribution in [-0.2, 0) is 16.1 Å². The maximum Gasteiger partial charge on any atom is 0.490 e. The van der Waals surface area contributed by atoms with Crippen LogP contribution in [0.3, 0.4) is 0 Å². The summed E-state index contributed by atoms with van der Waals surface area (Å²) in [4.78, 5) is 24.4. The number of carboxylic acid groups (broad SMARTS) is 1. The largest absolute Gasteiger partial charge is 0.490 e. The number of fused-ring (bicyclic) bond motifs is 1. The van der Waals surface area contributed by atoms with Gasteiger partial charge in [-0.15, -0.1) is 0 Å². The first-order valence-corrected chi connectivity index (χ1v) is 14.5. The molecular weight excluding hydrogens is 578 g/mol. The number of hydrogen-bond donors (Lipinski definition) is 2. The van der Waals surface area contributed by atoms with Gasteiger partial charge in [0.05, 0.1) is 24.2 Å². The highest BCUT2D eigenvalue weighted by atomic mass is 19.4. The number of morpholine rings is 1. The smallest absolute Gasteiger partial charge is 0.475 e. The van der Waals surface area contributed by atoms with Gasteiger partial charge in [0.25, 0.3) is 0 Å². The lowest BCUT2D eigenvalue weighted by atomic mass is 10.0. The number of H-pyrrole nitrogens is 1. The molecule has 3 heterocycles. The second-order valence-electron chi connectivity index (χ2n) is 10.9. The van der Waals surface area contributed by atoms with Crippen LogP contribution in [0.5, 0.6) is 0 Å². The number of carboxylic acids is 1. The number of alkyl halides is 3. The normalized spacial score (nSPS) is 16.9. The highest BCUT2D eigenvalue weighted by Gasteiger charge is 2.38. The predicted molar refractivity (Wildman–Crippen MR) is 160 cm³/mol. The van der Waals surface area contributed by atoms with Gasteiger partial charge >= 0.3 is 12.1 Å². The van der Waals surface area contributed by atoms with Crippen LogP contribution in [-0.4, -0.2) is 107 Å². The lowest BCUT2D eigenvalue weighted by molar-refractivity contribution is -0.192. The Morgan fingerprint density at radius 3 is 1.91 bits per heavy atom. The molecule has 0 saturated carbocycles. The van der Waals surface area contributed by atoms with Crippen molar-refractivity contribution in [1.82, 2.24) is 24.7 Å². The van der Waals surface area contributed by atoms with E-state index in [1.54, 1.807) is 6.07 Å². The molecule has 234 valence electrons. The van der Waals surface area contributed by atoms with Gasteiger partial charge in [-0.25, -0.2) is 14.2 Å². The summed E-state index contributed by atoms with van der Waals surface area (Å²) in [6.45, 7) is 11.8. The average Bonchev–Trinajstić information content (AvgIpc) is 3.45. The molecule has 2 fully saturated rings. The third-order valence-electron chi connectivity index (χ3n) is 7.84. The molecule has 6 rings (SSSR count). The maximum absolute atomic E-state index is 13.5. The number of aromatic nitrogens is 2. The van der Waals surface area contributed by atoms with E-state index in [1.807, 2.05) is 0 Å². The molecule has 0 aliphatic carbocycles. The van der Waals surface area contributed by atoms with E-state index >= 15 is 0 Å². The average molecular weight is 614 g/mol. The van der Waals surface area contributed by atoms with Crippen LogP contribution in [0, 0.1) is 5.82 Å². The zero-order valence-electron chi connectivity index (χ0n) is 24.2. The summed E-state index contributed by atoms with van der Waals surface area (Å²) in [6, 6.07) is 21.9. The van der Waals surface area contributed by atoms with Gasteiger partial charge in [-0.1, -0.05) is 48.5 Å². The number of imidazole rings is 1. The Hall–Kier alpha value is -3.84. The van der Waals surface area contributed by atoms with Gasteiger partial charge in [0.1, 0.15) is 11.6 Å². The molecule has 0 unspecified atom stereocenters. The summed E-state index contributed by atoms with van der Waals surface area (Å²) >= 11 is 0. The fourth-order valence-corrected chi connectivity index (χ4v) is 5.28. The molecule has 2 saturated heterocycles. The number of nitrogens with zero attached hydrogens (tertiary/aromatic N) is 4. The van der Waals surface area contributed by atoms with Crippen molar-refractivity contribution in [3.05, 3.63) is 78.1 Å². The van der Waals surface area contributed by atoms with Crippen LogP contribution in [0.4, 0.5) is 17.6 Å². The first kappa shape index (κ1) is 31.6. The first-order valence-electron chi connectivity index (χ1n) is 14.5. The summed E-state index contributed by atoms with van der Waals surface area (Å²) < 4.78 is 50.7. The molecule has 12 heteroatoms. The Bertz CT molecular complexity index is 1510. The van der Waals surface area contributed by atoms with Crippen molar-refractivity contribution in [2.45, 2.75) is 12.7 Å². The molecule has 44 heavy (non-hydrogen) atoms. The van der Waals surface area contributed by atoms with Crippen LogP contribution in [0.15, 0.2) is 66.7 Å². The Morgan fingerprint density at radius 2 is 1.32 bits per heavy atom. The van der Waals surface area contributed by atoms with Crippen molar-refractivity contribution in [3.63, 3.8) is 0 Å². The number of ether oxygens (including phenoxy) is 1. The number of benzene rings is 3. The van der Waals surface area contributed by atoms with E-state index in [0.717, 1.165) is 89.0 Å². The number of piperazine rings is 1. The molecule has 0 atom stereocenters. The third kappa shape index (κ3) is 8.63. The zero-order chi connectivity index (χ0) is 31.1. The molecule has 0 radical (unpaired) electrons. The third-order valence-corrected chi connectivity index (χ3v) is 7.84. The van der Waals surface area contributed by atoms with Crippen LogP contribution in [0.25, 0.3) is 33.5 Å². The van der Waals surface area contributed by atoms with Crippen molar-refractivity contribution in [3.8, 4) is 22.5 Å². The minimum Gasteiger partial charge on any atom is -0.475 e. The van der Waals surface area contributed by atoms with Crippen LogP contribution in [0.1, 0.15) is 5.56 Å². The second-order valence-corrected chi connectivity index (χ2v) is 10.9. The van der Waals surface area contributed by atoms with Gasteiger partial charge in [0, 0.05) is 64.5 Å². The lowest BCUT2D eigenvalue weighted by Gasteiger charge is -2.36. The summed E-state index contributed by atoms with van der Waals surface area (Å²) in [5.74, 6) is -2.26. The first-order chi connectivity index (χ1) is 21.1. The number of nitrogens with one attached hydrogen (secondary N) is 1. The van der Waals surface area contributed by atoms with E-state index in [-0.39, 0.29) is 5.82 Å². The van der Waals surface area contributed by atoms with E-state index in [1.165, 1.54) is 28.8 Å². The summed E-state index contributed by atoms with van der Waals surface area (Å²) in [5, 5.41) is 7.12. The minimum absolute atomic E-state index is 0.261. The fourth-order valence-electron chi connectivity index (χ4n) is 5.28. The second kappa shape index (κ2) is 14.3. The zero-order valence-corrected chi connectivity index (χ0v) is 24.2. The van der Waals surface area contributed by atoms with E-state index in [0.29, 0.717) is 5.52 Å². The number of aliphatic carboxylic acids is 1. The molecule has 4 aromatic rings. The van der Waals surface area contributed by atoms with E-state index in [9.17, 15) is 17.6 Å². The van der Waals surface area contributed by atoms with Crippen molar-refractivity contribution in [1.29, 1.82) is 0 Å². The predicted octanol–water partition coefficient (Wildman–Crippen LogP) is 5.12. The molecule has 0 spiro atoms. The summed E-state index contributed by atoms with van der Waals surface area (Å²) in [5.41, 5.74) is 6.20. The van der Waals surface area contributed by atoms with Crippen molar-refractivity contribution in [2.75, 3.05) is 65.6 Å². The number of halogens is 4. The molecule has 2 N–H and O–H groups in total. The van der Waals surface area contributed by atoms with Gasteiger partial charge in [-0.2, -0.15) is 13.2 Å². The topological polar surface area (TPSA) is 84.9 Å². The molecular formula is C32H35F4N5O3. The monoisotopic (exact) mass is 613 g/mol. The lowest BCUT2D eigenvalue weighted by Crippen LogP contribution is -2.49. The van der Waals surface area contributed by atoms with E-state index in [4.69, 9.17) is 14.6 Å². The van der Waals surface area contributed by atoms with Gasteiger partial charge in [0.15, 0.2) is 0 Å². The number of carbonyl (C=O) groups is 1. The molecule has 2 aliphatic heterocycles. The Morgan fingerprint density at radius 1 is 0.795 bits per heavy atom. The van der Waals surface area contributed by atoms with Gasteiger partial charge in [-0.3, -0.25) is 14.7 Å². The van der Waals surface area contributed by atoms with Crippen molar-refractivity contribution in [2.24, 2.45) is 0 Å². The highest BCUT2D eigenvalue weighted by molar-refractivity contribution is 5.80. The van der Waals surface area contributed by atoms with Crippen molar-refractivity contribution >= 4 is 17.0 Å². The number of rotatable bonds is 7. The molecule has 8 nitrogen and oxygen atoms in total. The maximum atomic E-state index is 13.5. The number of hydrogen-bond acceptors (Lipinski definition) is 6. The van der Waals surface area contributed by atoms with Gasteiger partial charge in [-0.05, 0) is 34.9 Å². The van der Waals surface area contributed by atoms with Gasteiger partial charge < -0.3 is 14.8 Å². The molecule has 0 bridgehead atoms. The SMILES string of the molecule is Fc1ccc2nc(-c3ccc(-c4ccc(CN5CCN(CCN6CCOCC6)CC5)cc4)cc3)[nH]c2c1.O=C(O)C(F)(F)F. The summed E-state index contributed by atoms with van der Waals surface area (Å²) in [7, 11) is 0. The van der Waals surface area contributed by atoms with Gasteiger partial charge in [0.2, 0.25) is 0 Å². The minimum atomic E-state index is -5.08. The molecule has 3 aromatic carbocycles. The van der Waals surface area contributed by atoms with E-state index < -0.39 is 12.1 Å². The molecule has 2 aliphatic rings. The Balaban J connectivity index is 0.000000493. The van der Waals surface area contributed by atoms with Crippen LogP contribution < -0.4 is 0 Å². The molecule has 0 amide bonds. The summed E-state index contributed by atoms with van der Waals surface area (Å²) in [6.07, 6.45) is -5.08. The van der Waals surface area contributed by atoms with Crippen LogP contribution in [0.2, 0.25) is 0 Å². The quantitative estimate of drug-likeness (QED) is 0.280. The molecule has 1 aromatic heterocycles. The Labute approximate surface area is 252 Å². The fraction of sp³-hybridized carbons (Fsp3) is 0.375. The highest BCUT2D eigenvalue weighted by Crippen LogP contribution is 2.26.